The van der Waals surface area contributed by atoms with Crippen molar-refractivity contribution >= 4 is 16.0 Å². The third kappa shape index (κ3) is 3.72. The van der Waals surface area contributed by atoms with E-state index in [4.69, 9.17) is 11.1 Å². The second kappa shape index (κ2) is 7.98. The van der Waals surface area contributed by atoms with Crippen LogP contribution in [0.4, 0.5) is 0 Å². The third-order valence-electron chi connectivity index (χ3n) is 4.49. The van der Waals surface area contributed by atoms with Crippen molar-refractivity contribution < 1.29 is 8.42 Å². The summed E-state index contributed by atoms with van der Waals surface area (Å²) in [5.74, 6) is 0.0985. The van der Waals surface area contributed by atoms with E-state index in [0.29, 0.717) is 13.1 Å². The van der Waals surface area contributed by atoms with Gasteiger partial charge in [-0.05, 0) is 43.5 Å². The quantitative estimate of drug-likeness (QED) is 0.749. The fourth-order valence-corrected chi connectivity index (χ4v) is 4.43. The molecule has 0 spiro atoms. The second-order valence-electron chi connectivity index (χ2n) is 6.15. The molecule has 1 aromatic carbocycles. The van der Waals surface area contributed by atoms with E-state index >= 15 is 0 Å². The Bertz CT molecular complexity index is 658. The number of hydrogen-bond donors (Lipinski definition) is 2. The van der Waals surface area contributed by atoms with Gasteiger partial charge in [0.25, 0.3) is 10.0 Å². The van der Waals surface area contributed by atoms with Crippen molar-refractivity contribution in [2.45, 2.75) is 50.5 Å². The van der Waals surface area contributed by atoms with Gasteiger partial charge in [-0.25, -0.2) is 12.7 Å². The number of rotatable bonds is 8. The zero-order chi connectivity index (χ0) is 17.7. The molecule has 0 saturated carbocycles. The molecule has 0 aliphatic carbocycles. The molecular formula is C17H28N4O2S. The molecule has 1 fully saturated rings. The summed E-state index contributed by atoms with van der Waals surface area (Å²) in [5, 5.41) is 8.34. The Balaban J connectivity index is 2.23. The lowest BCUT2D eigenvalue weighted by Crippen LogP contribution is -2.38. The van der Waals surface area contributed by atoms with Gasteiger partial charge in [-0.2, -0.15) is 0 Å². The molecular weight excluding hydrogens is 324 g/mol. The summed E-state index contributed by atoms with van der Waals surface area (Å²) in [7, 11) is -3.68. The summed E-state index contributed by atoms with van der Waals surface area (Å²) < 4.78 is 27.1. The van der Waals surface area contributed by atoms with E-state index in [1.165, 1.54) is 4.31 Å². The number of guanidine groups is 1. The Morgan fingerprint density at radius 3 is 2.46 bits per heavy atom. The molecule has 1 aliphatic heterocycles. The Hall–Kier alpha value is -1.60. The first-order valence-corrected chi connectivity index (χ1v) is 10.1. The Labute approximate surface area is 145 Å². The van der Waals surface area contributed by atoms with Crippen LogP contribution in [-0.2, 0) is 16.4 Å². The summed E-state index contributed by atoms with van der Waals surface area (Å²) in [5.41, 5.74) is 6.55. The van der Waals surface area contributed by atoms with Crippen molar-refractivity contribution in [1.82, 2.24) is 9.21 Å². The first-order valence-electron chi connectivity index (χ1n) is 8.62. The van der Waals surface area contributed by atoms with E-state index in [9.17, 15) is 8.42 Å². The summed E-state index contributed by atoms with van der Waals surface area (Å²) in [6.07, 6.45) is 3.53. The lowest BCUT2D eigenvalue weighted by molar-refractivity contribution is 0.331. The fraction of sp³-hybridized carbons (Fsp3) is 0.588. The highest BCUT2D eigenvalue weighted by Gasteiger charge is 2.40. The number of sulfonamides is 1. The molecule has 2 rings (SSSR count). The lowest BCUT2D eigenvalue weighted by atomic mass is 10.2. The highest BCUT2D eigenvalue weighted by molar-refractivity contribution is 7.89. The van der Waals surface area contributed by atoms with Gasteiger partial charge in [-0.15, -0.1) is 0 Å². The van der Waals surface area contributed by atoms with E-state index in [2.05, 4.69) is 6.92 Å². The molecule has 1 saturated heterocycles. The van der Waals surface area contributed by atoms with Crippen LogP contribution < -0.4 is 5.73 Å². The van der Waals surface area contributed by atoms with Crippen molar-refractivity contribution in [1.29, 1.82) is 5.41 Å². The predicted octanol–water partition coefficient (Wildman–Crippen LogP) is 2.01. The number of nitrogens with two attached hydrogens (primary N) is 1. The minimum Gasteiger partial charge on any atom is -0.337 e. The van der Waals surface area contributed by atoms with Crippen LogP contribution >= 0.6 is 0 Å². The maximum atomic E-state index is 12.9. The van der Waals surface area contributed by atoms with Crippen LogP contribution in [0.1, 0.15) is 38.7 Å². The molecule has 0 amide bonds. The normalized spacial score (nSPS) is 18.5. The van der Waals surface area contributed by atoms with Crippen LogP contribution in [0.5, 0.6) is 0 Å². The largest absolute Gasteiger partial charge is 0.337 e. The maximum Gasteiger partial charge on any atom is 0.266 e. The molecule has 0 bridgehead atoms. The first kappa shape index (κ1) is 18.7. The molecule has 0 aromatic heterocycles. The zero-order valence-electron chi connectivity index (χ0n) is 14.5. The van der Waals surface area contributed by atoms with Crippen LogP contribution in [-0.4, -0.2) is 49.3 Å². The molecule has 24 heavy (non-hydrogen) atoms. The molecule has 1 atom stereocenters. The van der Waals surface area contributed by atoms with Gasteiger partial charge in [0.2, 0.25) is 5.96 Å². The van der Waals surface area contributed by atoms with E-state index < -0.39 is 10.0 Å². The highest BCUT2D eigenvalue weighted by Crippen LogP contribution is 2.26. The number of unbranched alkanes of at least 4 members (excludes halogenated alkanes) is 1. The topological polar surface area (TPSA) is 90.5 Å². The number of nitrogens with zero attached hydrogens (tertiary/aromatic N) is 2. The Morgan fingerprint density at radius 2 is 1.92 bits per heavy atom. The number of hydrogen-bond acceptors (Lipinski definition) is 4. The van der Waals surface area contributed by atoms with Crippen LogP contribution in [0.25, 0.3) is 0 Å². The maximum absolute atomic E-state index is 12.9. The molecule has 7 heteroatoms. The van der Waals surface area contributed by atoms with Crippen molar-refractivity contribution in [3.05, 3.63) is 29.8 Å². The molecule has 6 nitrogen and oxygen atoms in total. The summed E-state index contributed by atoms with van der Waals surface area (Å²) >= 11 is 0. The Morgan fingerprint density at radius 1 is 1.25 bits per heavy atom. The predicted molar refractivity (Wildman–Crippen MR) is 96.5 cm³/mol. The van der Waals surface area contributed by atoms with Gasteiger partial charge in [0, 0.05) is 6.54 Å². The molecule has 3 N–H and O–H groups in total. The molecule has 1 aromatic rings. The minimum absolute atomic E-state index is 0.0790. The third-order valence-corrected chi connectivity index (χ3v) is 6.26. The monoisotopic (exact) mass is 352 g/mol. The van der Waals surface area contributed by atoms with Crippen molar-refractivity contribution in [3.63, 3.8) is 0 Å². The standard InChI is InChI=1S/C17H28N4O2S/c1-3-5-12-20-15(4-2)13-21(17(20)19)24(22,23)16-8-6-14(7-9-16)10-11-18/h6-9,15,19H,3-5,10-13,18H2,1-2H3. The summed E-state index contributed by atoms with van der Waals surface area (Å²) in [6.45, 7) is 5.75. The Kier molecular flexibility index (Phi) is 6.23. The van der Waals surface area contributed by atoms with Gasteiger partial charge in [0.15, 0.2) is 0 Å². The van der Waals surface area contributed by atoms with Crippen LogP contribution in [0, 0.1) is 5.41 Å². The average molecular weight is 353 g/mol. The van der Waals surface area contributed by atoms with Gasteiger partial charge in [-0.1, -0.05) is 32.4 Å². The average Bonchev–Trinajstić information content (AvgIpc) is 2.90. The summed E-state index contributed by atoms with van der Waals surface area (Å²) in [6, 6.07) is 6.90. The smallest absolute Gasteiger partial charge is 0.266 e. The van der Waals surface area contributed by atoms with Crippen LogP contribution in [0.3, 0.4) is 0 Å². The summed E-state index contributed by atoms with van der Waals surface area (Å²) in [4.78, 5) is 2.16. The van der Waals surface area contributed by atoms with Gasteiger partial charge in [0.1, 0.15) is 0 Å². The van der Waals surface area contributed by atoms with Crippen LogP contribution in [0.15, 0.2) is 29.2 Å². The van der Waals surface area contributed by atoms with Gasteiger partial charge in [0.05, 0.1) is 17.5 Å². The SMILES string of the molecule is CCCCN1C(=N)N(S(=O)(=O)c2ccc(CCN)cc2)CC1CC. The number of benzene rings is 1. The van der Waals surface area contributed by atoms with Crippen molar-refractivity contribution in [2.75, 3.05) is 19.6 Å². The minimum atomic E-state index is -3.68. The molecule has 1 aliphatic rings. The van der Waals surface area contributed by atoms with Gasteiger partial charge < -0.3 is 10.6 Å². The number of nitrogens with one attached hydrogen (secondary N) is 1. The van der Waals surface area contributed by atoms with E-state index in [1.54, 1.807) is 24.3 Å². The van der Waals surface area contributed by atoms with Crippen molar-refractivity contribution in [2.24, 2.45) is 5.73 Å². The second-order valence-corrected chi connectivity index (χ2v) is 8.01. The van der Waals surface area contributed by atoms with Crippen LogP contribution in [0.2, 0.25) is 0 Å². The fourth-order valence-electron chi connectivity index (χ4n) is 2.99. The van der Waals surface area contributed by atoms with E-state index in [0.717, 1.165) is 37.8 Å². The molecule has 134 valence electrons. The molecule has 1 unspecified atom stereocenters. The van der Waals surface area contributed by atoms with E-state index in [-0.39, 0.29) is 16.9 Å². The van der Waals surface area contributed by atoms with Gasteiger partial charge >= 0.3 is 0 Å². The lowest BCUT2D eigenvalue weighted by Gasteiger charge is -2.24. The first-order chi connectivity index (χ1) is 11.5. The molecule has 0 radical (unpaired) electrons. The van der Waals surface area contributed by atoms with Gasteiger partial charge in [-0.3, -0.25) is 5.41 Å². The zero-order valence-corrected chi connectivity index (χ0v) is 15.3. The van der Waals surface area contributed by atoms with E-state index in [1.807, 2.05) is 11.8 Å². The molecule has 1 heterocycles. The van der Waals surface area contributed by atoms with Crippen molar-refractivity contribution in [3.8, 4) is 0 Å². The highest BCUT2D eigenvalue weighted by atomic mass is 32.2.